The van der Waals surface area contributed by atoms with E-state index in [0.717, 1.165) is 4.90 Å². The molecule has 0 aliphatic carbocycles. The number of nitrogens with one attached hydrogen (secondary N) is 8. The third-order valence-corrected chi connectivity index (χ3v) is 11.7. The number of nitrogens with zero attached hydrogens (tertiary/aromatic N) is 3. The van der Waals surface area contributed by atoms with Crippen LogP contribution in [0.3, 0.4) is 0 Å². The number of hydrogen-bond donors (Lipinski definition) is 16. The number of carbonyl (C=O) groups is 11. The highest BCUT2D eigenvalue weighted by atomic mass is 16.4. The third-order valence-electron chi connectivity index (χ3n) is 11.7. The van der Waals surface area contributed by atoms with Crippen molar-refractivity contribution in [2.45, 2.75) is 133 Å². The number of aromatic nitrogens is 2. The molecule has 1 saturated heterocycles. The van der Waals surface area contributed by atoms with Gasteiger partial charge in [0, 0.05) is 37.8 Å². The minimum absolute atomic E-state index is 0.00217. The quantitative estimate of drug-likeness (QED) is 0.0191. The molecule has 3 rings (SSSR count). The number of aliphatic hydroxyl groups excluding tert-OH is 1. The molecule has 2 aromatic rings. The van der Waals surface area contributed by atoms with E-state index in [0.29, 0.717) is 11.3 Å². The van der Waals surface area contributed by atoms with E-state index in [2.05, 4.69) is 52.2 Å². The fraction of sp³-hybridized carbons (Fsp3) is 0.543. The van der Waals surface area contributed by atoms with Gasteiger partial charge in [0.1, 0.15) is 54.1 Å². The number of imidazole rings is 1. The van der Waals surface area contributed by atoms with Gasteiger partial charge in [0.25, 0.3) is 0 Å². The maximum Gasteiger partial charge on any atom is 0.326 e. The van der Waals surface area contributed by atoms with Crippen molar-refractivity contribution < 1.29 is 78.3 Å². The number of aromatic amines is 1. The maximum atomic E-state index is 14.0. The minimum atomic E-state index is -1.83. The van der Waals surface area contributed by atoms with Gasteiger partial charge in [0.2, 0.25) is 47.3 Å². The van der Waals surface area contributed by atoms with E-state index in [9.17, 15) is 73.2 Å². The fourth-order valence-corrected chi connectivity index (χ4v) is 7.76. The van der Waals surface area contributed by atoms with E-state index in [4.69, 9.17) is 22.3 Å². The Labute approximate surface area is 435 Å². The number of hydrogen-bond acceptors (Lipinski definition) is 16. The number of phenolic OH excluding ortho intramolecular Hbond substituents is 1. The Bertz CT molecular complexity index is 2400. The summed E-state index contributed by atoms with van der Waals surface area (Å²) in [5, 5.41) is 65.1. The van der Waals surface area contributed by atoms with Crippen LogP contribution in [0.25, 0.3) is 0 Å². The van der Waals surface area contributed by atoms with Gasteiger partial charge in [0.05, 0.1) is 31.8 Å². The van der Waals surface area contributed by atoms with Crippen molar-refractivity contribution in [3.63, 3.8) is 0 Å². The zero-order chi connectivity index (χ0) is 56.8. The number of aromatic hydroxyl groups is 1. The monoisotopic (exact) mass is 1070 g/mol. The highest BCUT2D eigenvalue weighted by molar-refractivity contribution is 5.99. The summed E-state index contributed by atoms with van der Waals surface area (Å²) in [5.74, 6) is -12.8. The molecule has 1 aliphatic heterocycles. The van der Waals surface area contributed by atoms with Gasteiger partial charge in [0.15, 0.2) is 5.96 Å². The second-order valence-corrected chi connectivity index (χ2v) is 18.3. The fourth-order valence-electron chi connectivity index (χ4n) is 7.76. The molecule has 30 heteroatoms. The molecular weight excluding hydrogens is 1000 g/mol. The molecule has 0 saturated carbocycles. The molecule has 0 spiro atoms. The Morgan fingerprint density at radius 2 is 1.30 bits per heavy atom. The third kappa shape index (κ3) is 20.5. The van der Waals surface area contributed by atoms with Gasteiger partial charge < -0.3 is 89.8 Å². The summed E-state index contributed by atoms with van der Waals surface area (Å²) in [5.41, 5.74) is 17.3. The van der Waals surface area contributed by atoms with Gasteiger partial charge >= 0.3 is 17.9 Å². The smallest absolute Gasteiger partial charge is 0.326 e. The van der Waals surface area contributed by atoms with E-state index in [1.807, 2.05) is 0 Å². The van der Waals surface area contributed by atoms with Gasteiger partial charge in [-0.1, -0.05) is 26.0 Å². The van der Waals surface area contributed by atoms with Crippen LogP contribution in [0.1, 0.15) is 77.0 Å². The highest BCUT2D eigenvalue weighted by Gasteiger charge is 2.40. The number of carbonyl (C=O) groups excluding carboxylic acids is 8. The number of benzene rings is 1. The second kappa shape index (κ2) is 30.1. The van der Waals surface area contributed by atoms with Crippen LogP contribution < -0.4 is 54.4 Å². The number of carboxylic acid groups (broad SMARTS) is 3. The molecule has 0 radical (unpaired) electrons. The van der Waals surface area contributed by atoms with Crippen LogP contribution in [-0.4, -0.2) is 186 Å². The molecule has 1 fully saturated rings. The van der Waals surface area contributed by atoms with E-state index in [1.165, 1.54) is 43.7 Å². The van der Waals surface area contributed by atoms with Crippen molar-refractivity contribution in [1.82, 2.24) is 52.1 Å². The zero-order valence-electron chi connectivity index (χ0n) is 42.0. The average Bonchev–Trinajstić information content (AvgIpc) is 4.06. The summed E-state index contributed by atoms with van der Waals surface area (Å²) in [7, 11) is 0. The second-order valence-electron chi connectivity index (χ2n) is 18.3. The van der Waals surface area contributed by atoms with Crippen molar-refractivity contribution in [3.05, 3.63) is 48.0 Å². The molecule has 30 nitrogen and oxygen atoms in total. The Hall–Kier alpha value is -8.41. The molecule has 8 amide bonds. The Balaban J connectivity index is 1.79. The molecule has 1 aliphatic rings. The number of aliphatic hydroxyl groups is 1. The molecule has 1 aromatic heterocycles. The number of aliphatic imine (C=N–C) groups is 1. The number of amides is 8. The van der Waals surface area contributed by atoms with Crippen LogP contribution in [-0.2, 0) is 65.6 Å². The van der Waals surface area contributed by atoms with E-state index >= 15 is 0 Å². The first-order valence-corrected chi connectivity index (χ1v) is 24.1. The van der Waals surface area contributed by atoms with Crippen LogP contribution in [0.2, 0.25) is 0 Å². The number of aliphatic carboxylic acids is 3. The lowest BCUT2D eigenvalue weighted by Crippen LogP contribution is -2.60. The predicted octanol–water partition coefficient (Wildman–Crippen LogP) is -5.24. The Kier molecular flexibility index (Phi) is 24.5. The van der Waals surface area contributed by atoms with Crippen LogP contribution in [0.4, 0.5) is 0 Å². The molecule has 9 atom stereocenters. The summed E-state index contributed by atoms with van der Waals surface area (Å²) in [4.78, 5) is 156. The van der Waals surface area contributed by atoms with Crippen LogP contribution in [0.5, 0.6) is 5.75 Å². The minimum Gasteiger partial charge on any atom is -0.508 e. The van der Waals surface area contributed by atoms with Crippen LogP contribution in [0.15, 0.2) is 41.8 Å². The summed E-state index contributed by atoms with van der Waals surface area (Å²) < 4.78 is 0. The van der Waals surface area contributed by atoms with Crippen LogP contribution >= 0.6 is 0 Å². The lowest BCUT2D eigenvalue weighted by molar-refractivity contribution is -0.145. The molecule has 418 valence electrons. The van der Waals surface area contributed by atoms with Crippen molar-refractivity contribution in [2.75, 3.05) is 19.7 Å². The van der Waals surface area contributed by atoms with Gasteiger partial charge in [-0.2, -0.15) is 0 Å². The molecular formula is C46H68N14O16. The van der Waals surface area contributed by atoms with Gasteiger partial charge in [-0.05, 0) is 62.6 Å². The number of nitrogens with two attached hydrogens (primary N) is 3. The first kappa shape index (κ1) is 61.9. The van der Waals surface area contributed by atoms with E-state index in [-0.39, 0.29) is 75.7 Å². The van der Waals surface area contributed by atoms with Gasteiger partial charge in [-0.25, -0.2) is 9.78 Å². The number of likely N-dealkylation sites (tertiary alicyclic amines) is 1. The van der Waals surface area contributed by atoms with E-state index < -0.39 is 139 Å². The van der Waals surface area contributed by atoms with Crippen LogP contribution in [0, 0.1) is 5.92 Å². The highest BCUT2D eigenvalue weighted by Crippen LogP contribution is 2.20. The lowest BCUT2D eigenvalue weighted by atomic mass is 10.0. The summed E-state index contributed by atoms with van der Waals surface area (Å²) in [6.07, 6.45) is 0.611. The standard InChI is InChI=1S/C46H68N14O16/c1-22(2)14-29(55-42(72)31(18-36(65)66)57-43(73)34-7-5-13-60(34)44(74)33(20-61)59-38(68)27(47)17-35(63)64)40(70)53-23(3)37(67)54-28(6-4-12-51-46(48)49)39(69)56-30(16-25-19-50-21-52-25)41(71)58-32(45(75)76)15-24-8-10-26(62)11-9-24/h8-11,19,21-23,27-34,61-62H,4-7,12-18,20,47H2,1-3H3,(H,50,52)(H,53,70)(H,54,67)(H,55,72)(H,56,69)(H,57,73)(H,58,71)(H,59,68)(H,63,64)(H,65,66)(H,75,76)(H4,48,49,51)/t23-,27-,28-,29-,30-,31-,32-,33-,34-/m0/s1. The molecule has 2 heterocycles. The summed E-state index contributed by atoms with van der Waals surface area (Å²) >= 11 is 0. The number of phenols is 1. The average molecular weight is 1070 g/mol. The first-order valence-electron chi connectivity index (χ1n) is 24.1. The Morgan fingerprint density at radius 1 is 0.724 bits per heavy atom. The largest absolute Gasteiger partial charge is 0.508 e. The molecule has 1 aromatic carbocycles. The molecule has 0 bridgehead atoms. The van der Waals surface area contributed by atoms with Gasteiger partial charge in [-0.3, -0.25) is 52.9 Å². The number of carboxylic acids is 3. The van der Waals surface area contributed by atoms with E-state index in [1.54, 1.807) is 13.8 Å². The predicted molar refractivity (Wildman–Crippen MR) is 265 cm³/mol. The lowest BCUT2D eigenvalue weighted by Gasteiger charge is -2.30. The van der Waals surface area contributed by atoms with Crippen molar-refractivity contribution in [3.8, 4) is 5.75 Å². The van der Waals surface area contributed by atoms with Gasteiger partial charge in [-0.15, -0.1) is 0 Å². The summed E-state index contributed by atoms with van der Waals surface area (Å²) in [6, 6.07) is -8.02. The normalized spacial score (nSPS) is 16.2. The van der Waals surface area contributed by atoms with Crippen molar-refractivity contribution in [2.24, 2.45) is 28.1 Å². The number of H-pyrrole nitrogens is 1. The molecule has 0 unspecified atom stereocenters. The Morgan fingerprint density at radius 3 is 1.88 bits per heavy atom. The maximum absolute atomic E-state index is 14.0. The SMILES string of the molecule is CC(C)C[C@H](NC(=O)[C@H](CC(=O)O)NC(=O)[C@@H]1CCCN1C(=O)[C@H](CO)NC(=O)[C@@H](N)CC(=O)O)C(=O)N[C@@H](C)C(=O)N[C@@H](CCCN=C(N)N)C(=O)N[C@@H](Cc1cnc[nH]1)C(=O)N[C@@H](Cc1ccc(O)cc1)C(=O)O. The first-order chi connectivity index (χ1) is 35.8. The summed E-state index contributed by atoms with van der Waals surface area (Å²) in [6.45, 7) is 3.60. The number of rotatable bonds is 31. The number of guanidine groups is 1. The topological polar surface area (TPSA) is 495 Å². The van der Waals surface area contributed by atoms with Crippen molar-refractivity contribution >= 4 is 71.1 Å². The molecule has 76 heavy (non-hydrogen) atoms. The zero-order valence-corrected chi connectivity index (χ0v) is 42.0. The van der Waals surface area contributed by atoms with Crippen molar-refractivity contribution in [1.29, 1.82) is 0 Å². The molecule has 19 N–H and O–H groups in total.